The van der Waals surface area contributed by atoms with Crippen LogP contribution in [0.3, 0.4) is 0 Å². The van der Waals surface area contributed by atoms with Crippen LogP contribution in [0.4, 0.5) is 0 Å². The van der Waals surface area contributed by atoms with E-state index in [1.807, 2.05) is 0 Å². The Balaban J connectivity index is 1.87. The maximum Gasteiger partial charge on any atom is 0.0133 e. The largest absolute Gasteiger partial charge is 0.316 e. The summed E-state index contributed by atoms with van der Waals surface area (Å²) in [6, 6.07) is 9.89. The fourth-order valence-electron chi connectivity index (χ4n) is 3.96. The van der Waals surface area contributed by atoms with Crippen LogP contribution in [0.2, 0.25) is 0 Å². The summed E-state index contributed by atoms with van der Waals surface area (Å²) in [4.78, 5) is 0. The first-order valence-corrected chi connectivity index (χ1v) is 9.01. The van der Waals surface area contributed by atoms with E-state index in [0.29, 0.717) is 6.04 Å². The standard InChI is InChI=1S/C20H33N/c1-4-6-17-11-13-19(14-12-17)20(21-3)15-18-9-7-16(5-2)8-10-18/h7-10,17,19-21H,4-6,11-15H2,1-3H3. The first-order valence-electron chi connectivity index (χ1n) is 9.01. The summed E-state index contributed by atoms with van der Waals surface area (Å²) in [7, 11) is 2.14. The molecule has 0 aliphatic heterocycles. The molecule has 1 atom stereocenters. The van der Waals surface area contributed by atoms with Gasteiger partial charge >= 0.3 is 0 Å². The first kappa shape index (κ1) is 16.5. The Hall–Kier alpha value is -0.820. The van der Waals surface area contributed by atoms with Crippen LogP contribution in [0.5, 0.6) is 0 Å². The van der Waals surface area contributed by atoms with Gasteiger partial charge in [-0.3, -0.25) is 0 Å². The topological polar surface area (TPSA) is 12.0 Å². The maximum absolute atomic E-state index is 3.60. The van der Waals surface area contributed by atoms with Crippen molar-refractivity contribution in [1.29, 1.82) is 0 Å². The van der Waals surface area contributed by atoms with Crippen LogP contribution < -0.4 is 5.32 Å². The molecule has 1 aliphatic rings. The Bertz CT molecular complexity index is 387. The fraction of sp³-hybridized carbons (Fsp3) is 0.700. The normalized spacial score (nSPS) is 24.0. The van der Waals surface area contributed by atoms with Crippen LogP contribution in [0, 0.1) is 11.8 Å². The minimum Gasteiger partial charge on any atom is -0.316 e. The lowest BCUT2D eigenvalue weighted by atomic mass is 9.76. The van der Waals surface area contributed by atoms with Crippen LogP contribution in [0.15, 0.2) is 24.3 Å². The van der Waals surface area contributed by atoms with Gasteiger partial charge in [0.15, 0.2) is 0 Å². The average Bonchev–Trinajstić information content (AvgIpc) is 2.54. The van der Waals surface area contributed by atoms with Gasteiger partial charge in [0, 0.05) is 6.04 Å². The quantitative estimate of drug-likeness (QED) is 0.745. The molecule has 1 aromatic rings. The van der Waals surface area contributed by atoms with Crippen LogP contribution in [-0.2, 0) is 12.8 Å². The van der Waals surface area contributed by atoms with Crippen molar-refractivity contribution in [3.8, 4) is 0 Å². The van der Waals surface area contributed by atoms with Gasteiger partial charge in [-0.1, -0.05) is 63.8 Å². The summed E-state index contributed by atoms with van der Waals surface area (Å²) in [5, 5.41) is 3.60. The van der Waals surface area contributed by atoms with Gasteiger partial charge in [0.25, 0.3) is 0 Å². The van der Waals surface area contributed by atoms with Crippen molar-refractivity contribution in [1.82, 2.24) is 5.32 Å². The second-order valence-corrected chi connectivity index (χ2v) is 6.84. The summed E-state index contributed by atoms with van der Waals surface area (Å²) >= 11 is 0. The number of hydrogen-bond donors (Lipinski definition) is 1. The van der Waals surface area contributed by atoms with Gasteiger partial charge in [-0.25, -0.2) is 0 Å². The lowest BCUT2D eigenvalue weighted by molar-refractivity contribution is 0.217. The predicted octanol–water partition coefficient (Wildman–Crippen LogP) is 4.99. The number of benzene rings is 1. The van der Waals surface area contributed by atoms with Gasteiger partial charge in [-0.15, -0.1) is 0 Å². The SMILES string of the molecule is CCCC1CCC(C(Cc2ccc(CC)cc2)NC)CC1. The minimum absolute atomic E-state index is 0.653. The predicted molar refractivity (Wildman–Crippen MR) is 92.7 cm³/mol. The van der Waals surface area contributed by atoms with E-state index < -0.39 is 0 Å². The van der Waals surface area contributed by atoms with Crippen LogP contribution in [0.25, 0.3) is 0 Å². The molecule has 2 rings (SSSR count). The molecule has 0 radical (unpaired) electrons. The molecule has 1 aliphatic carbocycles. The van der Waals surface area contributed by atoms with Crippen molar-refractivity contribution < 1.29 is 0 Å². The van der Waals surface area contributed by atoms with Gasteiger partial charge in [-0.05, 0) is 55.7 Å². The van der Waals surface area contributed by atoms with E-state index in [2.05, 4.69) is 50.5 Å². The Morgan fingerprint density at radius 1 is 1.00 bits per heavy atom. The van der Waals surface area contributed by atoms with E-state index >= 15 is 0 Å². The summed E-state index contributed by atoms with van der Waals surface area (Å²) in [5.74, 6) is 1.88. The third-order valence-corrected chi connectivity index (χ3v) is 5.41. The van der Waals surface area contributed by atoms with Crippen molar-refractivity contribution >= 4 is 0 Å². The van der Waals surface area contributed by atoms with E-state index in [9.17, 15) is 0 Å². The Kier molecular flexibility index (Phi) is 6.76. The number of nitrogens with one attached hydrogen (secondary N) is 1. The highest BCUT2D eigenvalue weighted by molar-refractivity contribution is 5.23. The average molecular weight is 287 g/mol. The van der Waals surface area contributed by atoms with Crippen LogP contribution >= 0.6 is 0 Å². The molecule has 1 unspecified atom stereocenters. The van der Waals surface area contributed by atoms with Crippen molar-refractivity contribution in [2.45, 2.75) is 71.3 Å². The van der Waals surface area contributed by atoms with Gasteiger partial charge < -0.3 is 5.32 Å². The van der Waals surface area contributed by atoms with E-state index in [1.54, 1.807) is 0 Å². The number of aryl methyl sites for hydroxylation is 1. The zero-order valence-corrected chi connectivity index (χ0v) is 14.2. The molecule has 21 heavy (non-hydrogen) atoms. The molecular formula is C20H33N. The zero-order chi connectivity index (χ0) is 15.1. The number of rotatable bonds is 7. The summed E-state index contributed by atoms with van der Waals surface area (Å²) in [6.07, 6.45) is 10.9. The van der Waals surface area contributed by atoms with Crippen molar-refractivity contribution in [3.63, 3.8) is 0 Å². The molecule has 0 saturated heterocycles. The highest BCUT2D eigenvalue weighted by Crippen LogP contribution is 2.34. The Labute approximate surface area is 131 Å². The smallest absolute Gasteiger partial charge is 0.0133 e. The lowest BCUT2D eigenvalue weighted by Gasteiger charge is -2.34. The first-order chi connectivity index (χ1) is 10.3. The Morgan fingerprint density at radius 3 is 2.14 bits per heavy atom. The van der Waals surface area contributed by atoms with Crippen molar-refractivity contribution in [3.05, 3.63) is 35.4 Å². The molecule has 0 spiro atoms. The van der Waals surface area contributed by atoms with Crippen LogP contribution in [-0.4, -0.2) is 13.1 Å². The molecule has 1 aromatic carbocycles. The maximum atomic E-state index is 3.60. The third kappa shape index (κ3) is 4.85. The molecule has 1 N–H and O–H groups in total. The molecule has 118 valence electrons. The molecule has 0 aromatic heterocycles. The lowest BCUT2D eigenvalue weighted by Crippen LogP contribution is -2.37. The highest BCUT2D eigenvalue weighted by Gasteiger charge is 2.26. The molecule has 1 fully saturated rings. The molecule has 1 heteroatoms. The fourth-order valence-corrected chi connectivity index (χ4v) is 3.96. The zero-order valence-electron chi connectivity index (χ0n) is 14.2. The molecular weight excluding hydrogens is 254 g/mol. The van der Waals surface area contributed by atoms with Crippen LogP contribution in [0.1, 0.15) is 63.5 Å². The number of likely N-dealkylation sites (N-methyl/N-ethyl adjacent to an activating group) is 1. The van der Waals surface area contributed by atoms with Gasteiger partial charge in [0.2, 0.25) is 0 Å². The minimum atomic E-state index is 0.653. The molecule has 1 nitrogen and oxygen atoms in total. The van der Waals surface area contributed by atoms with E-state index in [0.717, 1.165) is 18.3 Å². The van der Waals surface area contributed by atoms with E-state index in [1.165, 1.54) is 56.1 Å². The molecule has 0 bridgehead atoms. The highest BCUT2D eigenvalue weighted by atomic mass is 14.9. The molecule has 1 saturated carbocycles. The van der Waals surface area contributed by atoms with E-state index in [4.69, 9.17) is 0 Å². The molecule has 0 amide bonds. The van der Waals surface area contributed by atoms with Gasteiger partial charge in [0.1, 0.15) is 0 Å². The summed E-state index contributed by atoms with van der Waals surface area (Å²) in [5.41, 5.74) is 2.93. The molecule has 0 heterocycles. The second kappa shape index (κ2) is 8.58. The van der Waals surface area contributed by atoms with Crippen molar-refractivity contribution in [2.75, 3.05) is 7.05 Å². The van der Waals surface area contributed by atoms with Crippen molar-refractivity contribution in [2.24, 2.45) is 11.8 Å². The summed E-state index contributed by atoms with van der Waals surface area (Å²) < 4.78 is 0. The van der Waals surface area contributed by atoms with E-state index in [-0.39, 0.29) is 0 Å². The van der Waals surface area contributed by atoms with Gasteiger partial charge in [-0.2, -0.15) is 0 Å². The Morgan fingerprint density at radius 2 is 1.62 bits per heavy atom. The second-order valence-electron chi connectivity index (χ2n) is 6.84. The monoisotopic (exact) mass is 287 g/mol. The van der Waals surface area contributed by atoms with Gasteiger partial charge in [0.05, 0.1) is 0 Å². The number of hydrogen-bond acceptors (Lipinski definition) is 1. The summed E-state index contributed by atoms with van der Waals surface area (Å²) in [6.45, 7) is 4.54. The third-order valence-electron chi connectivity index (χ3n) is 5.41.